The van der Waals surface area contributed by atoms with Crippen molar-refractivity contribution in [2.24, 2.45) is 12.8 Å². The van der Waals surface area contributed by atoms with Gasteiger partial charge in [-0.15, -0.1) is 12.4 Å². The van der Waals surface area contributed by atoms with E-state index in [1.807, 2.05) is 51.4 Å². The zero-order valence-electron chi connectivity index (χ0n) is 14.6. The Labute approximate surface area is 153 Å². The molecule has 7 heteroatoms. The highest BCUT2D eigenvalue weighted by Crippen LogP contribution is 2.19. The normalized spacial score (nSPS) is 13.3. The largest absolute Gasteiger partial charge is 0.361 e. The summed E-state index contributed by atoms with van der Waals surface area (Å²) < 4.78 is 1.80. The first-order valence-corrected chi connectivity index (χ1v) is 8.07. The third-order valence-electron chi connectivity index (χ3n) is 4.55. The summed E-state index contributed by atoms with van der Waals surface area (Å²) in [5.41, 5.74) is 10.3. The Kier molecular flexibility index (Phi) is 5.87. The molecule has 4 N–H and O–H groups in total. The molecule has 1 aromatic carbocycles. The molecule has 2 atom stereocenters. The first-order chi connectivity index (χ1) is 11.5. The van der Waals surface area contributed by atoms with Crippen LogP contribution >= 0.6 is 12.4 Å². The average Bonchev–Trinajstić information content (AvgIpc) is 3.12. The number of nitrogens with two attached hydrogens (primary N) is 1. The van der Waals surface area contributed by atoms with Crippen LogP contribution in [0.4, 0.5) is 0 Å². The van der Waals surface area contributed by atoms with Crippen molar-refractivity contribution in [3.8, 4) is 0 Å². The van der Waals surface area contributed by atoms with E-state index in [1.165, 1.54) is 0 Å². The molecule has 0 aliphatic heterocycles. The van der Waals surface area contributed by atoms with Crippen LogP contribution in [0, 0.1) is 6.92 Å². The van der Waals surface area contributed by atoms with Crippen LogP contribution < -0.4 is 11.1 Å². The molecule has 0 aliphatic carbocycles. The van der Waals surface area contributed by atoms with Crippen LogP contribution in [0.1, 0.15) is 29.8 Å². The summed E-state index contributed by atoms with van der Waals surface area (Å²) in [6, 6.07) is 7.29. The second-order valence-electron chi connectivity index (χ2n) is 6.21. The minimum atomic E-state index is -0.594. The minimum absolute atomic E-state index is 0. The summed E-state index contributed by atoms with van der Waals surface area (Å²) in [6.45, 7) is 3.93. The second kappa shape index (κ2) is 7.72. The van der Waals surface area contributed by atoms with Gasteiger partial charge in [0, 0.05) is 35.4 Å². The number of halogens is 1. The van der Waals surface area contributed by atoms with E-state index in [2.05, 4.69) is 15.4 Å². The van der Waals surface area contributed by atoms with Crippen molar-refractivity contribution >= 4 is 29.2 Å². The Morgan fingerprint density at radius 1 is 1.40 bits per heavy atom. The minimum Gasteiger partial charge on any atom is -0.361 e. The number of carbonyl (C=O) groups excluding carboxylic acids is 1. The molecule has 0 bridgehead atoms. The van der Waals surface area contributed by atoms with Gasteiger partial charge >= 0.3 is 0 Å². The Morgan fingerprint density at radius 2 is 2.12 bits per heavy atom. The molecule has 2 aromatic heterocycles. The van der Waals surface area contributed by atoms with Crippen molar-refractivity contribution in [2.45, 2.75) is 32.4 Å². The van der Waals surface area contributed by atoms with E-state index in [4.69, 9.17) is 5.73 Å². The molecular weight excluding hydrogens is 338 g/mol. The van der Waals surface area contributed by atoms with E-state index >= 15 is 0 Å². The number of hydrogen-bond donors (Lipinski definition) is 3. The third-order valence-corrected chi connectivity index (χ3v) is 4.55. The molecule has 0 fully saturated rings. The molecule has 25 heavy (non-hydrogen) atoms. The maximum atomic E-state index is 12.4. The number of fused-ring (bicyclic) bond motifs is 1. The Bertz CT molecular complexity index is 869. The summed E-state index contributed by atoms with van der Waals surface area (Å²) in [7, 11) is 1.89. The third kappa shape index (κ3) is 3.86. The Morgan fingerprint density at radius 3 is 2.80 bits per heavy atom. The highest BCUT2D eigenvalue weighted by atomic mass is 35.5. The zero-order valence-corrected chi connectivity index (χ0v) is 15.4. The van der Waals surface area contributed by atoms with Crippen molar-refractivity contribution < 1.29 is 4.79 Å². The van der Waals surface area contributed by atoms with Crippen LogP contribution in [0.25, 0.3) is 10.9 Å². The fourth-order valence-corrected chi connectivity index (χ4v) is 2.97. The molecule has 1 unspecified atom stereocenters. The molecule has 0 radical (unpaired) electrons. The molecule has 3 rings (SSSR count). The maximum Gasteiger partial charge on any atom is 0.237 e. The number of nitrogens with zero attached hydrogens (tertiary/aromatic N) is 2. The summed E-state index contributed by atoms with van der Waals surface area (Å²) in [6.07, 6.45) is 4.20. The van der Waals surface area contributed by atoms with Crippen molar-refractivity contribution in [2.75, 3.05) is 0 Å². The van der Waals surface area contributed by atoms with Crippen LogP contribution in [0.5, 0.6) is 0 Å². The van der Waals surface area contributed by atoms with Crippen molar-refractivity contribution in [1.82, 2.24) is 20.1 Å². The van der Waals surface area contributed by atoms with E-state index in [0.717, 1.165) is 27.7 Å². The number of aromatic nitrogens is 3. The topological polar surface area (TPSA) is 88.7 Å². The summed E-state index contributed by atoms with van der Waals surface area (Å²) in [5.74, 6) is -0.156. The van der Waals surface area contributed by atoms with E-state index < -0.39 is 6.04 Å². The van der Waals surface area contributed by atoms with E-state index in [-0.39, 0.29) is 24.4 Å². The molecule has 0 saturated heterocycles. The molecule has 2 heterocycles. The van der Waals surface area contributed by atoms with Crippen LogP contribution in [0.2, 0.25) is 0 Å². The van der Waals surface area contributed by atoms with Gasteiger partial charge in [0.1, 0.15) is 0 Å². The number of amides is 1. The highest BCUT2D eigenvalue weighted by molar-refractivity contribution is 5.86. The van der Waals surface area contributed by atoms with Crippen LogP contribution in [-0.4, -0.2) is 26.7 Å². The van der Waals surface area contributed by atoms with Gasteiger partial charge in [0.15, 0.2) is 0 Å². The number of para-hydroxylation sites is 1. The van der Waals surface area contributed by atoms with Crippen molar-refractivity contribution in [3.05, 3.63) is 53.5 Å². The van der Waals surface area contributed by atoms with Gasteiger partial charge in [-0.2, -0.15) is 5.10 Å². The number of hydrogen-bond acceptors (Lipinski definition) is 3. The van der Waals surface area contributed by atoms with Gasteiger partial charge in [-0.1, -0.05) is 18.2 Å². The quantitative estimate of drug-likeness (QED) is 0.651. The number of carbonyl (C=O) groups is 1. The molecule has 6 nitrogen and oxygen atoms in total. The van der Waals surface area contributed by atoms with Crippen LogP contribution in [0.15, 0.2) is 36.7 Å². The molecule has 0 aliphatic rings. The average molecular weight is 362 g/mol. The molecule has 0 saturated carbocycles. The number of aryl methyl sites for hydroxylation is 1. The number of rotatable bonds is 5. The lowest BCUT2D eigenvalue weighted by Crippen LogP contribution is -2.43. The molecule has 134 valence electrons. The molecule has 0 spiro atoms. The maximum absolute atomic E-state index is 12.4. The summed E-state index contributed by atoms with van der Waals surface area (Å²) >= 11 is 0. The standard InChI is InChI=1S/C18H23N5O.ClH/c1-11(15-10-21-23(3)12(15)2)22-18(24)16(19)8-13-9-20-17-7-5-4-6-14(13)17;/h4-7,9-11,16,20H,8,19H2,1-3H3,(H,22,24);1H/t11?,16-;/m0./s1. The lowest BCUT2D eigenvalue weighted by atomic mass is 10.0. The van der Waals surface area contributed by atoms with Gasteiger partial charge in [0.2, 0.25) is 5.91 Å². The van der Waals surface area contributed by atoms with Gasteiger partial charge in [0.05, 0.1) is 18.3 Å². The molecule has 1 amide bonds. The number of H-pyrrole nitrogens is 1. The van der Waals surface area contributed by atoms with Gasteiger partial charge in [0.25, 0.3) is 0 Å². The fraction of sp³-hybridized carbons (Fsp3) is 0.333. The lowest BCUT2D eigenvalue weighted by Gasteiger charge is -2.17. The zero-order chi connectivity index (χ0) is 17.3. The fourth-order valence-electron chi connectivity index (χ4n) is 2.97. The van der Waals surface area contributed by atoms with E-state index in [9.17, 15) is 4.79 Å². The first-order valence-electron chi connectivity index (χ1n) is 8.07. The second-order valence-corrected chi connectivity index (χ2v) is 6.21. The number of aromatic amines is 1. The lowest BCUT2D eigenvalue weighted by molar-refractivity contribution is -0.123. The number of benzene rings is 1. The van der Waals surface area contributed by atoms with Crippen LogP contribution in [0.3, 0.4) is 0 Å². The SMILES string of the molecule is Cc1c(C(C)NC(=O)[C@@H](N)Cc2c[nH]c3ccccc23)cnn1C.Cl. The summed E-state index contributed by atoms with van der Waals surface area (Å²) in [4.78, 5) is 15.6. The predicted molar refractivity (Wildman–Crippen MR) is 102 cm³/mol. The number of nitrogens with one attached hydrogen (secondary N) is 2. The monoisotopic (exact) mass is 361 g/mol. The van der Waals surface area contributed by atoms with Crippen LogP contribution in [-0.2, 0) is 18.3 Å². The first kappa shape index (κ1) is 19.0. The Balaban J connectivity index is 0.00000225. The molecular formula is C18H24ClN5O. The van der Waals surface area contributed by atoms with E-state index in [1.54, 1.807) is 10.9 Å². The molecule has 3 aromatic rings. The smallest absolute Gasteiger partial charge is 0.237 e. The van der Waals surface area contributed by atoms with Gasteiger partial charge in [-0.25, -0.2) is 0 Å². The van der Waals surface area contributed by atoms with Gasteiger partial charge < -0.3 is 16.0 Å². The Hall–Kier alpha value is -2.31. The van der Waals surface area contributed by atoms with Crippen molar-refractivity contribution in [3.63, 3.8) is 0 Å². The van der Waals surface area contributed by atoms with Crippen molar-refractivity contribution in [1.29, 1.82) is 0 Å². The summed E-state index contributed by atoms with van der Waals surface area (Å²) in [5, 5.41) is 8.31. The van der Waals surface area contributed by atoms with E-state index in [0.29, 0.717) is 6.42 Å². The van der Waals surface area contributed by atoms with Gasteiger partial charge in [-0.05, 0) is 31.9 Å². The van der Waals surface area contributed by atoms with Gasteiger partial charge in [-0.3, -0.25) is 9.48 Å². The predicted octanol–water partition coefficient (Wildman–Crippen LogP) is 2.38. The highest BCUT2D eigenvalue weighted by Gasteiger charge is 2.20.